The van der Waals surface area contributed by atoms with Gasteiger partial charge in [0.15, 0.2) is 11.5 Å². The number of benzene rings is 1. The van der Waals surface area contributed by atoms with Crippen molar-refractivity contribution in [2.75, 3.05) is 12.1 Å². The zero-order valence-corrected chi connectivity index (χ0v) is 13.0. The minimum absolute atomic E-state index is 0.159. The van der Waals surface area contributed by atoms with Crippen LogP contribution in [0.25, 0.3) is 10.8 Å². The third kappa shape index (κ3) is 2.76. The van der Waals surface area contributed by atoms with Crippen LogP contribution in [0.15, 0.2) is 44.9 Å². The van der Waals surface area contributed by atoms with E-state index in [9.17, 15) is 9.59 Å². The fraction of sp³-hybridized carbons (Fsp3) is 0.133. The van der Waals surface area contributed by atoms with Crippen LogP contribution in [0.2, 0.25) is 0 Å². The lowest BCUT2D eigenvalue weighted by atomic mass is 10.3. The molecule has 122 valence electrons. The number of aromatic nitrogens is 2. The van der Waals surface area contributed by atoms with Crippen LogP contribution in [0, 0.1) is 0 Å². The Labute approximate surface area is 139 Å². The molecule has 0 atom stereocenters. The van der Waals surface area contributed by atoms with Crippen LogP contribution < -0.4 is 20.5 Å². The van der Waals surface area contributed by atoms with E-state index in [0.29, 0.717) is 17.2 Å². The monoisotopic (exact) mass is 345 g/mol. The predicted molar refractivity (Wildman–Crippen MR) is 85.3 cm³/mol. The highest BCUT2D eigenvalue weighted by molar-refractivity contribution is 7.13. The molecular formula is C15H11N3O5S. The molecular weight excluding hydrogens is 334 g/mol. The van der Waals surface area contributed by atoms with E-state index in [-0.39, 0.29) is 19.2 Å². The van der Waals surface area contributed by atoms with Gasteiger partial charge < -0.3 is 19.2 Å². The summed E-state index contributed by atoms with van der Waals surface area (Å²) in [5.74, 6) is 0.305. The van der Waals surface area contributed by atoms with Gasteiger partial charge in [0.25, 0.3) is 5.89 Å². The van der Waals surface area contributed by atoms with Gasteiger partial charge >= 0.3 is 5.76 Å². The van der Waals surface area contributed by atoms with E-state index in [4.69, 9.17) is 13.9 Å². The minimum atomic E-state index is -0.681. The number of hydrogen-bond donors (Lipinski definition) is 1. The second-order valence-electron chi connectivity index (χ2n) is 4.92. The third-order valence-corrected chi connectivity index (χ3v) is 4.15. The first kappa shape index (κ1) is 14.5. The third-order valence-electron chi connectivity index (χ3n) is 3.29. The Hall–Kier alpha value is -3.07. The smallest absolute Gasteiger partial charge is 0.437 e. The maximum Gasteiger partial charge on any atom is 0.437 e. The summed E-state index contributed by atoms with van der Waals surface area (Å²) in [4.78, 5) is 24.6. The highest BCUT2D eigenvalue weighted by Crippen LogP contribution is 2.34. The Morgan fingerprint density at radius 3 is 3.00 bits per heavy atom. The Kier molecular flexibility index (Phi) is 3.54. The Morgan fingerprint density at radius 2 is 2.17 bits per heavy atom. The second-order valence-corrected chi connectivity index (χ2v) is 5.87. The van der Waals surface area contributed by atoms with Crippen molar-refractivity contribution in [3.63, 3.8) is 0 Å². The summed E-state index contributed by atoms with van der Waals surface area (Å²) in [5.41, 5.74) is 0.541. The second kappa shape index (κ2) is 5.85. The molecule has 9 heteroatoms. The van der Waals surface area contributed by atoms with Gasteiger partial charge in [-0.3, -0.25) is 4.79 Å². The first-order valence-corrected chi connectivity index (χ1v) is 7.88. The van der Waals surface area contributed by atoms with E-state index in [0.717, 1.165) is 9.56 Å². The minimum Gasteiger partial charge on any atom is -0.454 e. The lowest BCUT2D eigenvalue weighted by Crippen LogP contribution is -2.25. The topological polar surface area (TPSA) is 95.6 Å². The van der Waals surface area contributed by atoms with Crippen LogP contribution in [-0.2, 0) is 11.3 Å². The van der Waals surface area contributed by atoms with Crippen LogP contribution in [0.5, 0.6) is 11.5 Å². The average Bonchev–Trinajstić information content (AvgIpc) is 3.28. The van der Waals surface area contributed by atoms with E-state index < -0.39 is 11.7 Å². The first-order chi connectivity index (χ1) is 11.7. The number of nitrogens with one attached hydrogen (secondary N) is 1. The van der Waals surface area contributed by atoms with E-state index >= 15 is 0 Å². The van der Waals surface area contributed by atoms with Crippen molar-refractivity contribution in [2.24, 2.45) is 0 Å². The number of nitrogens with zero attached hydrogens (tertiary/aromatic N) is 2. The number of ether oxygens (including phenoxy) is 2. The number of hydrogen-bond acceptors (Lipinski definition) is 7. The van der Waals surface area contributed by atoms with E-state index in [1.54, 1.807) is 24.3 Å². The van der Waals surface area contributed by atoms with Crippen LogP contribution in [0.4, 0.5) is 5.69 Å². The van der Waals surface area contributed by atoms with Gasteiger partial charge in [0.05, 0.1) is 4.88 Å². The number of carbonyl (C=O) groups excluding carboxylic acids is 1. The van der Waals surface area contributed by atoms with Gasteiger partial charge in [-0.25, -0.2) is 4.79 Å². The van der Waals surface area contributed by atoms with Crippen LogP contribution >= 0.6 is 11.3 Å². The molecule has 3 aromatic rings. The van der Waals surface area contributed by atoms with Crippen molar-refractivity contribution in [2.45, 2.75) is 6.54 Å². The zero-order valence-electron chi connectivity index (χ0n) is 12.2. The predicted octanol–water partition coefficient (Wildman–Crippen LogP) is 1.93. The fourth-order valence-electron chi connectivity index (χ4n) is 2.22. The molecule has 0 saturated heterocycles. The molecule has 0 saturated carbocycles. The molecule has 1 amide bonds. The van der Waals surface area contributed by atoms with Crippen LogP contribution in [-0.4, -0.2) is 22.5 Å². The molecule has 1 aliphatic heterocycles. The molecule has 1 N–H and O–H groups in total. The standard InChI is InChI=1S/C15H11N3O5S/c19-13(16-9-3-4-10-11(6-9)22-8-21-10)7-18-15(20)23-14(17-18)12-2-1-5-24-12/h1-6H,7-8H2,(H,16,19). The maximum atomic E-state index is 12.1. The van der Waals surface area contributed by atoms with Gasteiger partial charge in [-0.15, -0.1) is 16.4 Å². The molecule has 0 fully saturated rings. The molecule has 0 aliphatic carbocycles. The first-order valence-electron chi connectivity index (χ1n) is 7.00. The summed E-state index contributed by atoms with van der Waals surface area (Å²) >= 11 is 1.40. The van der Waals surface area contributed by atoms with E-state index in [2.05, 4.69) is 10.4 Å². The van der Waals surface area contributed by atoms with E-state index in [1.165, 1.54) is 11.3 Å². The number of amides is 1. The molecule has 0 unspecified atom stereocenters. The highest BCUT2D eigenvalue weighted by Gasteiger charge is 2.16. The Balaban J connectivity index is 1.47. The quantitative estimate of drug-likeness (QED) is 0.776. The molecule has 0 bridgehead atoms. The van der Waals surface area contributed by atoms with Crippen molar-refractivity contribution in [1.29, 1.82) is 0 Å². The van der Waals surface area contributed by atoms with Gasteiger partial charge in [0.1, 0.15) is 6.54 Å². The summed E-state index contributed by atoms with van der Waals surface area (Å²) in [6, 6.07) is 8.66. The normalized spacial score (nSPS) is 12.3. The van der Waals surface area contributed by atoms with Crippen LogP contribution in [0.1, 0.15) is 0 Å². The molecule has 0 spiro atoms. The molecule has 1 aliphatic rings. The number of thiophene rings is 1. The maximum absolute atomic E-state index is 12.1. The Bertz CT molecular complexity index is 944. The molecule has 1 aromatic carbocycles. The van der Waals surface area contributed by atoms with Gasteiger partial charge in [0.2, 0.25) is 12.7 Å². The summed E-state index contributed by atoms with van der Waals surface area (Å²) < 4.78 is 16.5. The summed E-state index contributed by atoms with van der Waals surface area (Å²) in [5, 5.41) is 8.56. The van der Waals surface area contributed by atoms with Gasteiger partial charge in [-0.2, -0.15) is 4.68 Å². The van der Waals surface area contributed by atoms with Crippen molar-refractivity contribution in [3.05, 3.63) is 46.3 Å². The van der Waals surface area contributed by atoms with Crippen molar-refractivity contribution in [1.82, 2.24) is 9.78 Å². The summed E-state index contributed by atoms with van der Waals surface area (Å²) in [6.45, 7) is -0.0886. The molecule has 4 rings (SSSR count). The number of rotatable bonds is 4. The largest absolute Gasteiger partial charge is 0.454 e. The lowest BCUT2D eigenvalue weighted by Gasteiger charge is -2.05. The highest BCUT2D eigenvalue weighted by atomic mass is 32.1. The zero-order chi connectivity index (χ0) is 16.5. The number of carbonyl (C=O) groups is 1. The van der Waals surface area contributed by atoms with Crippen molar-refractivity contribution in [3.8, 4) is 22.3 Å². The molecule has 2 aromatic heterocycles. The number of fused-ring (bicyclic) bond motifs is 1. The Morgan fingerprint density at radius 1 is 1.29 bits per heavy atom. The SMILES string of the molecule is O=C(Cn1nc(-c2cccs2)oc1=O)Nc1ccc2c(c1)OCO2. The summed E-state index contributed by atoms with van der Waals surface area (Å²) in [7, 11) is 0. The summed E-state index contributed by atoms with van der Waals surface area (Å²) in [6.07, 6.45) is 0. The fourth-order valence-corrected chi connectivity index (χ4v) is 2.86. The molecule has 24 heavy (non-hydrogen) atoms. The molecule has 8 nitrogen and oxygen atoms in total. The lowest BCUT2D eigenvalue weighted by molar-refractivity contribution is -0.117. The van der Waals surface area contributed by atoms with Crippen molar-refractivity contribution < 1.29 is 18.7 Å². The van der Waals surface area contributed by atoms with Gasteiger partial charge in [-0.05, 0) is 23.6 Å². The van der Waals surface area contributed by atoms with Crippen molar-refractivity contribution >= 4 is 22.9 Å². The molecule has 0 radical (unpaired) electrons. The van der Waals surface area contributed by atoms with E-state index in [1.807, 2.05) is 11.4 Å². The van der Waals surface area contributed by atoms with Gasteiger partial charge in [0, 0.05) is 11.8 Å². The number of anilines is 1. The van der Waals surface area contributed by atoms with Crippen LogP contribution in [0.3, 0.4) is 0 Å². The van der Waals surface area contributed by atoms with Gasteiger partial charge in [-0.1, -0.05) is 6.07 Å². The average molecular weight is 345 g/mol. The molecule has 3 heterocycles.